The smallest absolute Gasteiger partial charge is 0.0637 e. The molecule has 0 amide bonds. The number of hydrogen-bond acceptors (Lipinski definition) is 7. The van der Waals surface area contributed by atoms with Gasteiger partial charge in [0.15, 0.2) is 0 Å². The maximum Gasteiger partial charge on any atom is 0.0637 e. The maximum absolute atomic E-state index is 6.94. The molecular weight excluding hydrogens is 512 g/mol. The van der Waals surface area contributed by atoms with Gasteiger partial charge < -0.3 is 37.1 Å². The molecule has 0 saturated heterocycles. The van der Waals surface area contributed by atoms with E-state index in [1.165, 1.54) is 32.1 Å². The molecule has 7 nitrogen and oxygen atoms in total. The first-order valence-corrected chi connectivity index (χ1v) is 17.5. The van der Waals surface area contributed by atoms with Gasteiger partial charge in [-0.1, -0.05) is 27.7 Å². The van der Waals surface area contributed by atoms with Gasteiger partial charge in [-0.2, -0.15) is 0 Å². The van der Waals surface area contributed by atoms with E-state index in [0.717, 1.165) is 77.7 Å². The highest BCUT2D eigenvalue weighted by molar-refractivity contribution is 5.12. The van der Waals surface area contributed by atoms with Gasteiger partial charge in [0.2, 0.25) is 0 Å². The summed E-state index contributed by atoms with van der Waals surface area (Å²) in [5.41, 5.74) is 23.9. The molecule has 3 fully saturated rings. The number of rotatable bonds is 19. The molecule has 0 spiro atoms. The fourth-order valence-electron chi connectivity index (χ4n) is 9.57. The van der Waals surface area contributed by atoms with Crippen LogP contribution >= 0.6 is 0 Å². The van der Waals surface area contributed by atoms with Crippen molar-refractivity contribution in [2.24, 2.45) is 63.4 Å². The van der Waals surface area contributed by atoms with E-state index in [2.05, 4.69) is 27.7 Å². The predicted octanol–water partition coefficient (Wildman–Crippen LogP) is 5.22. The van der Waals surface area contributed by atoms with Crippen molar-refractivity contribution in [2.45, 2.75) is 129 Å². The maximum atomic E-state index is 6.94. The number of hydrogen-bond donors (Lipinski definition) is 4. The van der Waals surface area contributed by atoms with Crippen molar-refractivity contribution in [1.29, 1.82) is 0 Å². The quantitative estimate of drug-likeness (QED) is 0.154. The highest BCUT2D eigenvalue weighted by Crippen LogP contribution is 2.66. The Morgan fingerprint density at radius 3 is 1.98 bits per heavy atom. The lowest BCUT2D eigenvalue weighted by Crippen LogP contribution is -2.59. The predicted molar refractivity (Wildman–Crippen MR) is 170 cm³/mol. The van der Waals surface area contributed by atoms with Gasteiger partial charge in [-0.05, 0) is 145 Å². The molecule has 0 aromatic carbocycles. The van der Waals surface area contributed by atoms with Crippen molar-refractivity contribution in [3.8, 4) is 0 Å². The Kier molecular flexibility index (Phi) is 14.8. The molecule has 242 valence electrons. The molecule has 0 heterocycles. The first-order chi connectivity index (χ1) is 19.8. The Labute approximate surface area is 252 Å². The van der Waals surface area contributed by atoms with Gasteiger partial charge in [0, 0.05) is 25.2 Å². The Morgan fingerprint density at radius 1 is 0.756 bits per heavy atom. The van der Waals surface area contributed by atoms with Gasteiger partial charge in [-0.25, -0.2) is 0 Å². The summed E-state index contributed by atoms with van der Waals surface area (Å²) in [7, 11) is 0. The second kappa shape index (κ2) is 17.3. The Morgan fingerprint density at radius 2 is 1.37 bits per heavy atom. The molecule has 8 atom stereocenters. The van der Waals surface area contributed by atoms with Crippen molar-refractivity contribution in [3.05, 3.63) is 0 Å². The zero-order chi connectivity index (χ0) is 29.9. The first kappa shape index (κ1) is 35.2. The van der Waals surface area contributed by atoms with Crippen LogP contribution in [0.5, 0.6) is 0 Å². The van der Waals surface area contributed by atoms with E-state index >= 15 is 0 Å². The molecule has 0 aliphatic heterocycles. The average Bonchev–Trinajstić information content (AvgIpc) is 3.33. The molecule has 3 rings (SSSR count). The van der Waals surface area contributed by atoms with Gasteiger partial charge in [0.25, 0.3) is 0 Å². The standard InChI is InChI=1S/C34H68N4O3/c1-5-30(40-22-8-19-37)32-28-12-11-27(25(2)10-6-17-35)34(28,4)31(41-23-9-20-38)24-29(32)33(3)15-13-26(14-16-33)39-21-7-18-36/h25-32H,5-24,35-38H2,1-4H3/t25-,26-,27-,28+,29+,30-,31+,32?,33+,34-/m1/s1. The molecule has 3 aliphatic carbocycles. The van der Waals surface area contributed by atoms with Crippen molar-refractivity contribution in [1.82, 2.24) is 0 Å². The first-order valence-electron chi connectivity index (χ1n) is 17.5. The number of nitrogens with two attached hydrogens (primary N) is 4. The zero-order valence-corrected chi connectivity index (χ0v) is 27.3. The Hall–Kier alpha value is -0.280. The van der Waals surface area contributed by atoms with E-state index in [4.69, 9.17) is 37.1 Å². The third kappa shape index (κ3) is 8.46. The summed E-state index contributed by atoms with van der Waals surface area (Å²) < 4.78 is 20.0. The van der Waals surface area contributed by atoms with Crippen LogP contribution in [0.15, 0.2) is 0 Å². The van der Waals surface area contributed by atoms with Crippen molar-refractivity contribution < 1.29 is 14.2 Å². The molecule has 0 aromatic heterocycles. The van der Waals surface area contributed by atoms with Crippen LogP contribution < -0.4 is 22.9 Å². The summed E-state index contributed by atoms with van der Waals surface area (Å²) in [5.74, 6) is 3.04. The van der Waals surface area contributed by atoms with Crippen LogP contribution in [0.1, 0.15) is 111 Å². The molecule has 3 aliphatic rings. The van der Waals surface area contributed by atoms with Crippen LogP contribution in [0.4, 0.5) is 0 Å². The monoisotopic (exact) mass is 581 g/mol. The minimum Gasteiger partial charge on any atom is -0.378 e. The summed E-state index contributed by atoms with van der Waals surface area (Å²) >= 11 is 0. The minimum atomic E-state index is 0.146. The minimum absolute atomic E-state index is 0.146. The van der Waals surface area contributed by atoms with Gasteiger partial charge in [0.1, 0.15) is 0 Å². The van der Waals surface area contributed by atoms with Gasteiger partial charge in [-0.3, -0.25) is 0 Å². The highest BCUT2D eigenvalue weighted by atomic mass is 16.5. The highest BCUT2D eigenvalue weighted by Gasteiger charge is 2.63. The van der Waals surface area contributed by atoms with Gasteiger partial charge in [0.05, 0.1) is 18.3 Å². The molecule has 8 N–H and O–H groups in total. The van der Waals surface area contributed by atoms with E-state index in [9.17, 15) is 0 Å². The summed E-state index contributed by atoms with van der Waals surface area (Å²) in [4.78, 5) is 0. The summed E-state index contributed by atoms with van der Waals surface area (Å²) in [6.45, 7) is 15.2. The van der Waals surface area contributed by atoms with Gasteiger partial charge >= 0.3 is 0 Å². The molecule has 3 saturated carbocycles. The summed E-state index contributed by atoms with van der Waals surface area (Å²) in [6.07, 6.45) is 15.5. The topological polar surface area (TPSA) is 132 Å². The summed E-state index contributed by atoms with van der Waals surface area (Å²) in [5, 5.41) is 0. The number of ether oxygens (including phenoxy) is 3. The second-order valence-electron chi connectivity index (χ2n) is 14.3. The van der Waals surface area contributed by atoms with Crippen LogP contribution in [-0.4, -0.2) is 64.3 Å². The van der Waals surface area contributed by atoms with Crippen molar-refractivity contribution >= 4 is 0 Å². The normalized spacial score (nSPS) is 37.2. The van der Waals surface area contributed by atoms with E-state index in [1.807, 2.05) is 0 Å². The lowest BCUT2D eigenvalue weighted by molar-refractivity contribution is -0.191. The van der Waals surface area contributed by atoms with Crippen molar-refractivity contribution in [2.75, 3.05) is 46.0 Å². The fourth-order valence-corrected chi connectivity index (χ4v) is 9.57. The van der Waals surface area contributed by atoms with Crippen LogP contribution in [0.2, 0.25) is 0 Å². The largest absolute Gasteiger partial charge is 0.378 e. The van der Waals surface area contributed by atoms with Crippen molar-refractivity contribution in [3.63, 3.8) is 0 Å². The van der Waals surface area contributed by atoms with E-state index < -0.39 is 0 Å². The SMILES string of the molecule is CC[C@@H](OCCCN)C1[C@@H]2CC[C@H]([C@H](C)CCCN)[C@@]2(C)[C@@H](OCCCN)C[C@@H]1[C@]1(C)CC[C@H](OCCCN)CC1. The third-order valence-corrected chi connectivity index (χ3v) is 11.9. The molecule has 7 heteroatoms. The Bertz CT molecular complexity index is 718. The van der Waals surface area contributed by atoms with Crippen LogP contribution in [0, 0.1) is 40.4 Å². The Balaban J connectivity index is 1.94. The van der Waals surface area contributed by atoms with E-state index in [0.29, 0.717) is 55.3 Å². The zero-order valence-electron chi connectivity index (χ0n) is 27.3. The molecule has 0 aromatic rings. The second-order valence-corrected chi connectivity index (χ2v) is 14.3. The molecule has 0 bridgehead atoms. The molecule has 0 radical (unpaired) electrons. The molecule has 41 heavy (non-hydrogen) atoms. The van der Waals surface area contributed by atoms with Crippen LogP contribution in [0.25, 0.3) is 0 Å². The molecular formula is C34H68N4O3. The average molecular weight is 581 g/mol. The molecule has 1 unspecified atom stereocenters. The van der Waals surface area contributed by atoms with E-state index in [-0.39, 0.29) is 23.0 Å². The summed E-state index contributed by atoms with van der Waals surface area (Å²) in [6, 6.07) is 0. The van der Waals surface area contributed by atoms with Crippen LogP contribution in [-0.2, 0) is 14.2 Å². The fraction of sp³-hybridized carbons (Fsp3) is 1.00. The lowest BCUT2D eigenvalue weighted by Gasteiger charge is -2.60. The number of fused-ring (bicyclic) bond motifs is 1. The van der Waals surface area contributed by atoms with Gasteiger partial charge in [-0.15, -0.1) is 0 Å². The van der Waals surface area contributed by atoms with E-state index in [1.54, 1.807) is 0 Å². The third-order valence-electron chi connectivity index (χ3n) is 11.9. The lowest BCUT2D eigenvalue weighted by atomic mass is 9.48. The van der Waals surface area contributed by atoms with Crippen LogP contribution in [0.3, 0.4) is 0 Å².